The molecule has 3 rings (SSSR count). The smallest absolute Gasteiger partial charge is 0.180 e. The van der Waals surface area contributed by atoms with Gasteiger partial charge in [0.25, 0.3) is 0 Å². The fraction of sp³-hybridized carbons (Fsp3) is 0.500. The molecule has 1 fully saturated rings. The minimum absolute atomic E-state index is 0.635. The number of nitrogens with zero attached hydrogens (tertiary/aromatic N) is 3. The average molecular weight is 263 g/mol. The minimum Gasteiger partial charge on any atom is -0.375 e. The summed E-state index contributed by atoms with van der Waals surface area (Å²) in [6, 6.07) is 0. The van der Waals surface area contributed by atoms with Crippen molar-refractivity contribution in [3.8, 4) is 0 Å². The van der Waals surface area contributed by atoms with Crippen LogP contribution in [-0.4, -0.2) is 32.9 Å². The molecule has 3 heterocycles. The SMILES string of the molecule is Nc1ncc(CN2CCC(c3cnc[nH]3)CC2)s1. The Morgan fingerprint density at radius 1 is 1.39 bits per heavy atom. The number of hydrogen-bond donors (Lipinski definition) is 2. The fourth-order valence-electron chi connectivity index (χ4n) is 2.51. The number of thiazole rings is 1. The van der Waals surface area contributed by atoms with Gasteiger partial charge in [0, 0.05) is 35.4 Å². The van der Waals surface area contributed by atoms with Gasteiger partial charge in [-0.05, 0) is 25.9 Å². The molecule has 5 nitrogen and oxygen atoms in total. The van der Waals surface area contributed by atoms with Crippen molar-refractivity contribution in [1.82, 2.24) is 19.9 Å². The van der Waals surface area contributed by atoms with Crippen LogP contribution in [0.15, 0.2) is 18.7 Å². The predicted octanol–water partition coefficient (Wildman–Crippen LogP) is 1.83. The third-order valence-electron chi connectivity index (χ3n) is 3.50. The quantitative estimate of drug-likeness (QED) is 0.886. The van der Waals surface area contributed by atoms with E-state index < -0.39 is 0 Å². The number of hydrogen-bond acceptors (Lipinski definition) is 5. The maximum Gasteiger partial charge on any atom is 0.180 e. The summed E-state index contributed by atoms with van der Waals surface area (Å²) in [5.74, 6) is 0.635. The zero-order chi connectivity index (χ0) is 12.4. The van der Waals surface area contributed by atoms with Gasteiger partial charge in [0.1, 0.15) is 0 Å². The second-order valence-electron chi connectivity index (χ2n) is 4.72. The molecule has 0 spiro atoms. The molecule has 2 aromatic rings. The molecule has 0 bridgehead atoms. The van der Waals surface area contributed by atoms with Crippen molar-refractivity contribution < 1.29 is 0 Å². The van der Waals surface area contributed by atoms with Gasteiger partial charge >= 0.3 is 0 Å². The van der Waals surface area contributed by atoms with Gasteiger partial charge in [0.05, 0.1) is 6.33 Å². The van der Waals surface area contributed by atoms with Crippen molar-refractivity contribution >= 4 is 16.5 Å². The highest BCUT2D eigenvalue weighted by Crippen LogP contribution is 2.27. The first-order chi connectivity index (χ1) is 8.81. The van der Waals surface area contributed by atoms with Crippen LogP contribution in [0.3, 0.4) is 0 Å². The van der Waals surface area contributed by atoms with E-state index in [1.807, 2.05) is 12.4 Å². The lowest BCUT2D eigenvalue weighted by atomic mass is 9.94. The molecule has 0 amide bonds. The second-order valence-corrected chi connectivity index (χ2v) is 5.87. The minimum atomic E-state index is 0.635. The molecule has 1 saturated heterocycles. The first kappa shape index (κ1) is 11.7. The van der Waals surface area contributed by atoms with Gasteiger partial charge in [-0.2, -0.15) is 0 Å². The van der Waals surface area contributed by atoms with E-state index in [1.165, 1.54) is 23.4 Å². The molecule has 2 aromatic heterocycles. The molecule has 1 aliphatic heterocycles. The molecular formula is C12H17N5S. The Kier molecular flexibility index (Phi) is 3.29. The number of nitrogens with one attached hydrogen (secondary N) is 1. The summed E-state index contributed by atoms with van der Waals surface area (Å²) in [4.78, 5) is 15.1. The summed E-state index contributed by atoms with van der Waals surface area (Å²) >= 11 is 1.59. The molecule has 1 aliphatic rings. The molecule has 0 radical (unpaired) electrons. The van der Waals surface area contributed by atoms with Crippen molar-refractivity contribution in [2.75, 3.05) is 18.8 Å². The topological polar surface area (TPSA) is 70.8 Å². The lowest BCUT2D eigenvalue weighted by molar-refractivity contribution is 0.205. The van der Waals surface area contributed by atoms with Crippen molar-refractivity contribution in [2.24, 2.45) is 0 Å². The van der Waals surface area contributed by atoms with Crippen molar-refractivity contribution in [2.45, 2.75) is 25.3 Å². The summed E-state index contributed by atoms with van der Waals surface area (Å²) in [7, 11) is 0. The number of anilines is 1. The summed E-state index contributed by atoms with van der Waals surface area (Å²) in [5, 5.41) is 0.664. The summed E-state index contributed by atoms with van der Waals surface area (Å²) in [6.45, 7) is 3.23. The number of aromatic nitrogens is 3. The lowest BCUT2D eigenvalue weighted by Crippen LogP contribution is -2.32. The highest BCUT2D eigenvalue weighted by atomic mass is 32.1. The molecule has 18 heavy (non-hydrogen) atoms. The Hall–Kier alpha value is -1.40. The van der Waals surface area contributed by atoms with Gasteiger partial charge < -0.3 is 10.7 Å². The standard InChI is InChI=1S/C12H17N5S/c13-12-15-5-10(18-12)7-17-3-1-9(2-4-17)11-6-14-8-16-11/h5-6,8-9H,1-4,7H2,(H2,13,15)(H,14,16). The maximum absolute atomic E-state index is 5.65. The highest BCUT2D eigenvalue weighted by molar-refractivity contribution is 7.15. The van der Waals surface area contributed by atoms with Gasteiger partial charge in [0.15, 0.2) is 5.13 Å². The van der Waals surface area contributed by atoms with Gasteiger partial charge in [0.2, 0.25) is 0 Å². The maximum atomic E-state index is 5.65. The number of nitrogen functional groups attached to an aromatic ring is 1. The number of piperidine rings is 1. The van der Waals surface area contributed by atoms with Crippen LogP contribution < -0.4 is 5.73 Å². The van der Waals surface area contributed by atoms with E-state index in [1.54, 1.807) is 17.7 Å². The van der Waals surface area contributed by atoms with Crippen LogP contribution in [0.25, 0.3) is 0 Å². The summed E-state index contributed by atoms with van der Waals surface area (Å²) < 4.78 is 0. The molecule has 0 aliphatic carbocycles. The normalized spacial score (nSPS) is 18.2. The Bertz CT molecular complexity index is 484. The molecule has 0 atom stereocenters. The van der Waals surface area contributed by atoms with Gasteiger partial charge in [-0.25, -0.2) is 9.97 Å². The first-order valence-corrected chi connectivity index (χ1v) is 7.04. The molecule has 0 saturated carbocycles. The van der Waals surface area contributed by atoms with E-state index >= 15 is 0 Å². The summed E-state index contributed by atoms with van der Waals surface area (Å²) in [5.41, 5.74) is 6.92. The van der Waals surface area contributed by atoms with E-state index in [9.17, 15) is 0 Å². The fourth-order valence-corrected chi connectivity index (χ4v) is 3.23. The Balaban J connectivity index is 1.54. The van der Waals surface area contributed by atoms with Crippen molar-refractivity contribution in [3.05, 3.63) is 29.3 Å². The lowest BCUT2D eigenvalue weighted by Gasteiger charge is -2.30. The van der Waals surface area contributed by atoms with E-state index in [-0.39, 0.29) is 0 Å². The van der Waals surface area contributed by atoms with Crippen LogP contribution in [0, 0.1) is 0 Å². The average Bonchev–Trinajstić information content (AvgIpc) is 3.02. The van der Waals surface area contributed by atoms with Crippen LogP contribution in [0.2, 0.25) is 0 Å². The van der Waals surface area contributed by atoms with Crippen LogP contribution in [0.5, 0.6) is 0 Å². The highest BCUT2D eigenvalue weighted by Gasteiger charge is 2.21. The zero-order valence-corrected chi connectivity index (χ0v) is 11.0. The Morgan fingerprint density at radius 3 is 2.83 bits per heavy atom. The third kappa shape index (κ3) is 2.54. The number of H-pyrrole nitrogens is 1. The molecule has 0 unspecified atom stereocenters. The number of imidazole rings is 1. The molecule has 96 valence electrons. The number of rotatable bonds is 3. The largest absolute Gasteiger partial charge is 0.375 e. The summed E-state index contributed by atoms with van der Waals surface area (Å²) in [6.07, 6.45) is 7.99. The molecule has 0 aromatic carbocycles. The van der Waals surface area contributed by atoms with Crippen LogP contribution in [-0.2, 0) is 6.54 Å². The molecule has 3 N–H and O–H groups in total. The van der Waals surface area contributed by atoms with Crippen molar-refractivity contribution in [3.63, 3.8) is 0 Å². The third-order valence-corrected chi connectivity index (χ3v) is 4.31. The number of likely N-dealkylation sites (tertiary alicyclic amines) is 1. The Labute approximate surface area is 110 Å². The van der Waals surface area contributed by atoms with Gasteiger partial charge in [-0.3, -0.25) is 4.90 Å². The first-order valence-electron chi connectivity index (χ1n) is 6.22. The van der Waals surface area contributed by atoms with E-state index in [4.69, 9.17) is 5.73 Å². The van der Waals surface area contributed by atoms with E-state index in [0.29, 0.717) is 11.0 Å². The van der Waals surface area contributed by atoms with E-state index in [2.05, 4.69) is 19.9 Å². The Morgan fingerprint density at radius 2 is 2.22 bits per heavy atom. The number of nitrogens with two attached hydrogens (primary N) is 1. The van der Waals surface area contributed by atoms with Gasteiger partial charge in [-0.1, -0.05) is 0 Å². The van der Waals surface area contributed by atoms with Crippen LogP contribution >= 0.6 is 11.3 Å². The monoisotopic (exact) mass is 263 g/mol. The predicted molar refractivity (Wildman–Crippen MR) is 72.4 cm³/mol. The number of aromatic amines is 1. The van der Waals surface area contributed by atoms with Crippen molar-refractivity contribution in [1.29, 1.82) is 0 Å². The van der Waals surface area contributed by atoms with Gasteiger partial charge in [-0.15, -0.1) is 11.3 Å². The second kappa shape index (κ2) is 5.07. The van der Waals surface area contributed by atoms with Crippen LogP contribution in [0.1, 0.15) is 29.3 Å². The van der Waals surface area contributed by atoms with E-state index in [0.717, 1.165) is 19.6 Å². The molecular weight excluding hydrogens is 246 g/mol. The molecule has 6 heteroatoms. The zero-order valence-electron chi connectivity index (χ0n) is 10.2. The van der Waals surface area contributed by atoms with Crippen LogP contribution in [0.4, 0.5) is 5.13 Å².